The molecule has 3 rings (SSSR count). The first-order valence-corrected chi connectivity index (χ1v) is 8.48. The summed E-state index contributed by atoms with van der Waals surface area (Å²) in [4.78, 5) is 32.0. The molecule has 2 N–H and O–H groups in total. The smallest absolute Gasteiger partial charge is 0.271 e. The van der Waals surface area contributed by atoms with Gasteiger partial charge < -0.3 is 10.3 Å². The lowest BCUT2D eigenvalue weighted by Crippen LogP contribution is -2.19. The second-order valence-electron chi connectivity index (χ2n) is 5.05. The lowest BCUT2D eigenvalue weighted by Gasteiger charge is -2.07. The lowest BCUT2D eigenvalue weighted by atomic mass is 10.1. The predicted molar refractivity (Wildman–Crippen MR) is 96.5 cm³/mol. The van der Waals surface area contributed by atoms with Gasteiger partial charge in [0, 0.05) is 34.6 Å². The molecule has 2 heterocycles. The van der Waals surface area contributed by atoms with Gasteiger partial charge in [0.1, 0.15) is 5.69 Å². The molecule has 3 aromatic rings. The summed E-state index contributed by atoms with van der Waals surface area (Å²) in [5.41, 5.74) is 2.07. The van der Waals surface area contributed by atoms with Crippen LogP contribution < -0.4 is 10.9 Å². The number of aromatic amines is 1. The monoisotopic (exact) mass is 337 g/mol. The third-order valence-electron chi connectivity index (χ3n) is 3.52. The Kier molecular flexibility index (Phi) is 4.77. The van der Waals surface area contributed by atoms with Gasteiger partial charge in [0.2, 0.25) is 0 Å². The maximum Gasteiger partial charge on any atom is 0.271 e. The number of amides is 1. The molecule has 0 bridgehead atoms. The fourth-order valence-corrected chi connectivity index (χ4v) is 2.63. The van der Waals surface area contributed by atoms with Crippen LogP contribution in [0.2, 0.25) is 0 Å². The third kappa shape index (κ3) is 3.55. The fraction of sp³-hybridized carbons (Fsp3) is 0.0556. The zero-order valence-electron chi connectivity index (χ0n) is 12.9. The number of nitrogens with one attached hydrogen (secondary N) is 2. The summed E-state index contributed by atoms with van der Waals surface area (Å²) in [6.07, 6.45) is 6.93. The van der Waals surface area contributed by atoms with Gasteiger partial charge in [-0.1, -0.05) is 0 Å². The molecule has 0 aliphatic carbocycles. The molecule has 2 aromatic heterocycles. The maximum atomic E-state index is 12.3. The van der Waals surface area contributed by atoms with E-state index in [1.807, 2.05) is 30.5 Å². The molecule has 1 amide bonds. The molecule has 1 aromatic carbocycles. The molecule has 0 saturated heterocycles. The second-order valence-corrected chi connectivity index (χ2v) is 5.93. The van der Waals surface area contributed by atoms with Gasteiger partial charge in [0.05, 0.1) is 0 Å². The van der Waals surface area contributed by atoms with Crippen molar-refractivity contribution in [2.45, 2.75) is 4.90 Å². The number of hydrogen-bond acceptors (Lipinski definition) is 4. The summed E-state index contributed by atoms with van der Waals surface area (Å²) in [7, 11) is 0. The topological polar surface area (TPSA) is 74.8 Å². The van der Waals surface area contributed by atoms with Crippen LogP contribution in [0.25, 0.3) is 11.1 Å². The zero-order chi connectivity index (χ0) is 16.9. The maximum absolute atomic E-state index is 12.3. The quantitative estimate of drug-likeness (QED) is 0.716. The molecule has 0 aliphatic rings. The van der Waals surface area contributed by atoms with Crippen LogP contribution in [0.15, 0.2) is 70.7 Å². The van der Waals surface area contributed by atoms with Crippen molar-refractivity contribution in [2.75, 3.05) is 11.6 Å². The van der Waals surface area contributed by atoms with Gasteiger partial charge in [-0.05, 0) is 54.3 Å². The molecule has 6 heteroatoms. The van der Waals surface area contributed by atoms with E-state index in [0.29, 0.717) is 5.56 Å². The van der Waals surface area contributed by atoms with Gasteiger partial charge in [-0.3, -0.25) is 14.6 Å². The molecule has 0 aliphatic heterocycles. The minimum absolute atomic E-state index is 0.211. The van der Waals surface area contributed by atoms with E-state index in [1.54, 1.807) is 48.6 Å². The van der Waals surface area contributed by atoms with Crippen LogP contribution in [0.4, 0.5) is 5.69 Å². The molecular weight excluding hydrogens is 322 g/mol. The first-order valence-electron chi connectivity index (χ1n) is 7.26. The first-order chi connectivity index (χ1) is 11.7. The minimum atomic E-state index is -0.345. The number of benzene rings is 1. The van der Waals surface area contributed by atoms with E-state index in [1.165, 1.54) is 0 Å². The van der Waals surface area contributed by atoms with Crippen molar-refractivity contribution in [1.29, 1.82) is 0 Å². The average Bonchev–Trinajstić information content (AvgIpc) is 2.64. The molecule has 0 saturated carbocycles. The molecular formula is C18H15N3O2S. The Morgan fingerprint density at radius 2 is 1.79 bits per heavy atom. The average molecular weight is 337 g/mol. The minimum Gasteiger partial charge on any atom is -0.327 e. The largest absolute Gasteiger partial charge is 0.327 e. The van der Waals surface area contributed by atoms with Crippen molar-refractivity contribution < 1.29 is 4.79 Å². The van der Waals surface area contributed by atoms with E-state index in [9.17, 15) is 9.59 Å². The Morgan fingerprint density at radius 1 is 1.08 bits per heavy atom. The normalized spacial score (nSPS) is 10.4. The number of rotatable bonds is 4. The molecule has 0 fully saturated rings. The molecule has 0 radical (unpaired) electrons. The van der Waals surface area contributed by atoms with Crippen LogP contribution >= 0.6 is 11.8 Å². The predicted octanol–water partition coefficient (Wildman–Crippen LogP) is 3.41. The van der Waals surface area contributed by atoms with Crippen molar-refractivity contribution in [3.63, 3.8) is 0 Å². The SMILES string of the molecule is CSc1ccc(C(=O)Nc2cc(-c3ccncc3)c[nH]c2=O)cc1. The highest BCUT2D eigenvalue weighted by molar-refractivity contribution is 7.98. The number of carbonyl (C=O) groups is 1. The van der Waals surface area contributed by atoms with E-state index in [4.69, 9.17) is 0 Å². The van der Waals surface area contributed by atoms with Crippen LogP contribution in [0.5, 0.6) is 0 Å². The zero-order valence-corrected chi connectivity index (χ0v) is 13.8. The van der Waals surface area contributed by atoms with E-state index >= 15 is 0 Å². The Labute approximate surface area is 143 Å². The van der Waals surface area contributed by atoms with Crippen molar-refractivity contribution >= 4 is 23.4 Å². The number of thioether (sulfide) groups is 1. The van der Waals surface area contributed by atoms with Gasteiger partial charge in [-0.25, -0.2) is 0 Å². The van der Waals surface area contributed by atoms with E-state index < -0.39 is 0 Å². The Morgan fingerprint density at radius 3 is 2.46 bits per heavy atom. The van der Waals surface area contributed by atoms with Crippen molar-refractivity contribution in [2.24, 2.45) is 0 Å². The highest BCUT2D eigenvalue weighted by atomic mass is 32.2. The number of H-pyrrole nitrogens is 1. The summed E-state index contributed by atoms with van der Waals surface area (Å²) in [5.74, 6) is -0.319. The van der Waals surface area contributed by atoms with Crippen molar-refractivity contribution in [3.05, 3.63) is 77.0 Å². The summed E-state index contributed by atoms with van der Waals surface area (Å²) in [6, 6.07) is 12.5. The van der Waals surface area contributed by atoms with Gasteiger partial charge in [-0.2, -0.15) is 0 Å². The van der Waals surface area contributed by atoms with Crippen LogP contribution in [-0.4, -0.2) is 22.1 Å². The Balaban J connectivity index is 1.86. The van der Waals surface area contributed by atoms with Gasteiger partial charge >= 0.3 is 0 Å². The van der Waals surface area contributed by atoms with Crippen LogP contribution in [0.1, 0.15) is 10.4 Å². The molecule has 0 spiro atoms. The highest BCUT2D eigenvalue weighted by Crippen LogP contribution is 2.19. The summed E-state index contributed by atoms with van der Waals surface area (Å²) in [5, 5.41) is 2.67. The Bertz CT molecular complexity index is 906. The second kappa shape index (κ2) is 7.14. The fourth-order valence-electron chi connectivity index (χ4n) is 2.22. The number of anilines is 1. The standard InChI is InChI=1S/C18H15N3O2S/c1-24-15-4-2-13(3-5-15)17(22)21-16-10-14(11-20-18(16)23)12-6-8-19-9-7-12/h2-11H,1H3,(H,20,23)(H,21,22). The van der Waals surface area contributed by atoms with Crippen molar-refractivity contribution in [1.82, 2.24) is 9.97 Å². The molecule has 24 heavy (non-hydrogen) atoms. The molecule has 120 valence electrons. The van der Waals surface area contributed by atoms with Crippen molar-refractivity contribution in [3.8, 4) is 11.1 Å². The first kappa shape index (κ1) is 16.0. The Hall–Kier alpha value is -2.86. The van der Waals surface area contributed by atoms with E-state index in [2.05, 4.69) is 15.3 Å². The van der Waals surface area contributed by atoms with Gasteiger partial charge in [0.15, 0.2) is 0 Å². The van der Waals surface area contributed by atoms with Crippen LogP contribution in [-0.2, 0) is 0 Å². The van der Waals surface area contributed by atoms with Crippen LogP contribution in [0, 0.1) is 0 Å². The number of aromatic nitrogens is 2. The molecule has 0 unspecified atom stereocenters. The lowest BCUT2D eigenvalue weighted by molar-refractivity contribution is 0.102. The third-order valence-corrected chi connectivity index (χ3v) is 4.26. The number of pyridine rings is 2. The van der Waals surface area contributed by atoms with E-state index in [-0.39, 0.29) is 17.2 Å². The van der Waals surface area contributed by atoms with E-state index in [0.717, 1.165) is 16.0 Å². The molecule has 0 atom stereocenters. The van der Waals surface area contributed by atoms with Crippen LogP contribution in [0.3, 0.4) is 0 Å². The highest BCUT2D eigenvalue weighted by Gasteiger charge is 2.10. The summed E-state index contributed by atoms with van der Waals surface area (Å²) in [6.45, 7) is 0. The van der Waals surface area contributed by atoms with Gasteiger partial charge in [-0.15, -0.1) is 11.8 Å². The molecule has 5 nitrogen and oxygen atoms in total. The summed E-state index contributed by atoms with van der Waals surface area (Å²) >= 11 is 1.60. The number of hydrogen-bond donors (Lipinski definition) is 2. The number of carbonyl (C=O) groups excluding carboxylic acids is 1. The number of nitrogens with zero attached hydrogens (tertiary/aromatic N) is 1. The van der Waals surface area contributed by atoms with Gasteiger partial charge in [0.25, 0.3) is 11.5 Å². The summed E-state index contributed by atoms with van der Waals surface area (Å²) < 4.78 is 0.